The van der Waals surface area contributed by atoms with Crippen LogP contribution in [0.1, 0.15) is 39.2 Å². The predicted octanol–water partition coefficient (Wildman–Crippen LogP) is 4.62. The van der Waals surface area contributed by atoms with Crippen molar-refractivity contribution < 1.29 is 27.5 Å². The molecule has 0 saturated heterocycles. The van der Waals surface area contributed by atoms with E-state index in [0.29, 0.717) is 36.8 Å². The minimum atomic E-state index is -4.13. The number of nitrogens with zero attached hydrogens (tertiary/aromatic N) is 2. The fraction of sp³-hybridized carbons (Fsp3) is 0.355. The number of amides is 2. The molecule has 0 fully saturated rings. The van der Waals surface area contributed by atoms with Crippen LogP contribution in [0.4, 0.5) is 5.69 Å². The van der Waals surface area contributed by atoms with Crippen molar-refractivity contribution in [3.63, 3.8) is 0 Å². The molecule has 220 valence electrons. The van der Waals surface area contributed by atoms with E-state index < -0.39 is 28.5 Å². The standard InChI is InChI=1S/C31H39N3O6S/c1-5-20-32-31(36)29(6-2)33(22-24-12-11-13-27(21-24)39-4)30(35)23-34(25-16-18-26(19-17-25)40-7-3)41(37,38)28-14-9-8-10-15-28/h8-19,21,29H,5-7,20,22-23H2,1-4H3,(H,32,36)/t29-/m0/s1. The van der Waals surface area contributed by atoms with Crippen LogP contribution < -0.4 is 19.1 Å². The maximum Gasteiger partial charge on any atom is 0.264 e. The molecule has 41 heavy (non-hydrogen) atoms. The van der Waals surface area contributed by atoms with Crippen molar-refractivity contribution in [1.29, 1.82) is 0 Å². The normalized spacial score (nSPS) is 11.8. The quantitative estimate of drug-likeness (QED) is 0.281. The highest BCUT2D eigenvalue weighted by Gasteiger charge is 2.33. The smallest absolute Gasteiger partial charge is 0.264 e. The number of nitrogens with one attached hydrogen (secondary N) is 1. The third kappa shape index (κ3) is 8.23. The van der Waals surface area contributed by atoms with Gasteiger partial charge in [0, 0.05) is 13.1 Å². The Bertz CT molecular complexity index is 1380. The molecule has 9 nitrogen and oxygen atoms in total. The van der Waals surface area contributed by atoms with Crippen molar-refractivity contribution in [2.75, 3.05) is 31.1 Å². The predicted molar refractivity (Wildman–Crippen MR) is 160 cm³/mol. The first-order chi connectivity index (χ1) is 19.7. The van der Waals surface area contributed by atoms with Crippen LogP contribution in [0.5, 0.6) is 11.5 Å². The zero-order valence-electron chi connectivity index (χ0n) is 24.1. The van der Waals surface area contributed by atoms with E-state index in [0.717, 1.165) is 16.3 Å². The van der Waals surface area contributed by atoms with Crippen molar-refractivity contribution in [2.24, 2.45) is 0 Å². The molecule has 0 aromatic heterocycles. The highest BCUT2D eigenvalue weighted by atomic mass is 32.2. The lowest BCUT2D eigenvalue weighted by atomic mass is 10.1. The Morgan fingerprint density at radius 3 is 2.22 bits per heavy atom. The molecule has 0 saturated carbocycles. The van der Waals surface area contributed by atoms with Gasteiger partial charge in [-0.15, -0.1) is 0 Å². The van der Waals surface area contributed by atoms with E-state index in [1.165, 1.54) is 17.0 Å². The molecule has 0 radical (unpaired) electrons. The SMILES string of the molecule is CCCNC(=O)[C@H](CC)N(Cc1cccc(OC)c1)C(=O)CN(c1ccc(OCC)cc1)S(=O)(=O)c1ccccc1. The Hall–Kier alpha value is -4.05. The average Bonchev–Trinajstić information content (AvgIpc) is 2.99. The van der Waals surface area contributed by atoms with Gasteiger partial charge in [0.25, 0.3) is 10.0 Å². The van der Waals surface area contributed by atoms with E-state index in [9.17, 15) is 18.0 Å². The molecule has 0 aliphatic carbocycles. The average molecular weight is 582 g/mol. The molecule has 3 aromatic carbocycles. The van der Waals surface area contributed by atoms with Gasteiger partial charge < -0.3 is 19.7 Å². The van der Waals surface area contributed by atoms with Crippen molar-refractivity contribution in [3.05, 3.63) is 84.4 Å². The summed E-state index contributed by atoms with van der Waals surface area (Å²) in [6, 6.07) is 20.9. The third-order valence-corrected chi connectivity index (χ3v) is 8.26. The molecule has 10 heteroatoms. The van der Waals surface area contributed by atoms with E-state index >= 15 is 0 Å². The first kappa shape index (κ1) is 31.5. The molecule has 3 aromatic rings. The Kier molecular flexibility index (Phi) is 11.6. The molecule has 0 spiro atoms. The maximum atomic E-state index is 14.1. The van der Waals surface area contributed by atoms with E-state index in [2.05, 4.69) is 5.32 Å². The number of hydrogen-bond acceptors (Lipinski definition) is 6. The van der Waals surface area contributed by atoms with Crippen LogP contribution in [0.3, 0.4) is 0 Å². The topological polar surface area (TPSA) is 105 Å². The Morgan fingerprint density at radius 1 is 0.902 bits per heavy atom. The third-order valence-electron chi connectivity index (χ3n) is 6.47. The first-order valence-corrected chi connectivity index (χ1v) is 15.2. The summed E-state index contributed by atoms with van der Waals surface area (Å²) in [5, 5.41) is 2.88. The number of benzene rings is 3. The Balaban J connectivity index is 2.04. The molecule has 0 heterocycles. The van der Waals surface area contributed by atoms with Gasteiger partial charge in [-0.3, -0.25) is 13.9 Å². The highest BCUT2D eigenvalue weighted by molar-refractivity contribution is 7.92. The van der Waals surface area contributed by atoms with Crippen LogP contribution in [-0.2, 0) is 26.2 Å². The van der Waals surface area contributed by atoms with Gasteiger partial charge >= 0.3 is 0 Å². The molecule has 0 unspecified atom stereocenters. The summed E-state index contributed by atoms with van der Waals surface area (Å²) < 4.78 is 39.7. The summed E-state index contributed by atoms with van der Waals surface area (Å²) in [4.78, 5) is 28.8. The molecule has 1 atom stereocenters. The summed E-state index contributed by atoms with van der Waals surface area (Å²) in [7, 11) is -2.58. The number of carbonyl (C=O) groups is 2. The van der Waals surface area contributed by atoms with Crippen LogP contribution in [0.2, 0.25) is 0 Å². The number of sulfonamides is 1. The number of anilines is 1. The van der Waals surface area contributed by atoms with Gasteiger partial charge in [0.2, 0.25) is 11.8 Å². The van der Waals surface area contributed by atoms with Gasteiger partial charge in [0.15, 0.2) is 0 Å². The molecular formula is C31H39N3O6S. The van der Waals surface area contributed by atoms with E-state index in [-0.39, 0.29) is 17.3 Å². The van der Waals surface area contributed by atoms with E-state index in [1.807, 2.05) is 26.8 Å². The lowest BCUT2D eigenvalue weighted by molar-refractivity contribution is -0.140. The largest absolute Gasteiger partial charge is 0.497 e. The molecule has 0 aliphatic rings. The van der Waals surface area contributed by atoms with Gasteiger partial charge in [-0.25, -0.2) is 8.42 Å². The van der Waals surface area contributed by atoms with Crippen LogP contribution in [-0.4, -0.2) is 58.0 Å². The minimum Gasteiger partial charge on any atom is -0.497 e. The van der Waals surface area contributed by atoms with Gasteiger partial charge in [-0.05, 0) is 73.9 Å². The van der Waals surface area contributed by atoms with Crippen molar-refractivity contribution in [2.45, 2.75) is 51.1 Å². The number of carbonyl (C=O) groups excluding carboxylic acids is 2. The molecule has 2 amide bonds. The van der Waals surface area contributed by atoms with E-state index in [4.69, 9.17) is 9.47 Å². The monoisotopic (exact) mass is 581 g/mol. The van der Waals surface area contributed by atoms with Crippen molar-refractivity contribution in [1.82, 2.24) is 10.2 Å². The van der Waals surface area contributed by atoms with Crippen molar-refractivity contribution >= 4 is 27.5 Å². The molecule has 0 aliphatic heterocycles. The maximum absolute atomic E-state index is 14.1. The summed E-state index contributed by atoms with van der Waals surface area (Å²) in [6.07, 6.45) is 1.09. The van der Waals surface area contributed by atoms with Crippen molar-refractivity contribution in [3.8, 4) is 11.5 Å². The molecule has 0 bridgehead atoms. The van der Waals surface area contributed by atoms with Gasteiger partial charge in [0.05, 0.1) is 24.3 Å². The fourth-order valence-electron chi connectivity index (χ4n) is 4.38. The number of methoxy groups -OCH3 is 1. The van der Waals surface area contributed by atoms with Gasteiger partial charge in [-0.2, -0.15) is 0 Å². The Labute approximate surface area is 243 Å². The summed E-state index contributed by atoms with van der Waals surface area (Å²) in [6.45, 7) is 6.15. The van der Waals surface area contributed by atoms with E-state index in [1.54, 1.807) is 67.8 Å². The zero-order valence-corrected chi connectivity index (χ0v) is 24.9. The van der Waals surface area contributed by atoms with Crippen LogP contribution >= 0.6 is 0 Å². The van der Waals surface area contributed by atoms with Gasteiger partial charge in [0.1, 0.15) is 24.1 Å². The first-order valence-electron chi connectivity index (χ1n) is 13.8. The number of rotatable bonds is 15. The molecule has 1 N–H and O–H groups in total. The molecule has 3 rings (SSSR count). The zero-order chi connectivity index (χ0) is 29.8. The number of ether oxygens (including phenoxy) is 2. The minimum absolute atomic E-state index is 0.0498. The lowest BCUT2D eigenvalue weighted by Gasteiger charge is -2.33. The molecular weight excluding hydrogens is 542 g/mol. The highest BCUT2D eigenvalue weighted by Crippen LogP contribution is 2.27. The summed E-state index contributed by atoms with van der Waals surface area (Å²) in [5.41, 5.74) is 1.05. The lowest BCUT2D eigenvalue weighted by Crippen LogP contribution is -2.52. The second-order valence-corrected chi connectivity index (χ2v) is 11.2. The van der Waals surface area contributed by atoms with Crippen LogP contribution in [0.15, 0.2) is 83.8 Å². The van der Waals surface area contributed by atoms with Crippen LogP contribution in [0, 0.1) is 0 Å². The van der Waals surface area contributed by atoms with Crippen LogP contribution in [0.25, 0.3) is 0 Å². The Morgan fingerprint density at radius 2 is 1.61 bits per heavy atom. The summed E-state index contributed by atoms with van der Waals surface area (Å²) in [5.74, 6) is 0.392. The van der Waals surface area contributed by atoms with Gasteiger partial charge in [-0.1, -0.05) is 44.2 Å². The number of hydrogen-bond donors (Lipinski definition) is 1. The second-order valence-electron chi connectivity index (χ2n) is 9.34. The second kappa shape index (κ2) is 15.1. The fourth-order valence-corrected chi connectivity index (χ4v) is 5.81. The summed E-state index contributed by atoms with van der Waals surface area (Å²) >= 11 is 0.